The van der Waals surface area contributed by atoms with E-state index in [-0.39, 0.29) is 5.69 Å². The Kier molecular flexibility index (Phi) is 4.21. The summed E-state index contributed by atoms with van der Waals surface area (Å²) in [6.45, 7) is 0.448. The first-order chi connectivity index (χ1) is 11.5. The Hall–Kier alpha value is -3.26. The van der Waals surface area contributed by atoms with E-state index in [4.69, 9.17) is 10.9 Å². The van der Waals surface area contributed by atoms with Crippen molar-refractivity contribution in [3.05, 3.63) is 54.0 Å². The molecule has 0 amide bonds. The number of hydrazine groups is 1. The Labute approximate surface area is 137 Å². The summed E-state index contributed by atoms with van der Waals surface area (Å²) in [5.41, 5.74) is 1.77. The van der Waals surface area contributed by atoms with Crippen LogP contribution in [0.5, 0.6) is 0 Å². The number of carbonyl (C=O) groups is 1. The van der Waals surface area contributed by atoms with Crippen molar-refractivity contribution < 1.29 is 9.90 Å². The first kappa shape index (κ1) is 15.6. The van der Waals surface area contributed by atoms with Gasteiger partial charge in [-0.3, -0.25) is 9.99 Å². The number of aromatic carboxylic acids is 1. The highest BCUT2D eigenvalue weighted by atomic mass is 16.4. The monoisotopic (exact) mass is 324 g/mol. The lowest BCUT2D eigenvalue weighted by Gasteiger charge is -2.16. The van der Waals surface area contributed by atoms with Crippen molar-refractivity contribution in [2.24, 2.45) is 5.84 Å². The van der Waals surface area contributed by atoms with E-state index in [0.717, 1.165) is 16.5 Å². The minimum Gasteiger partial charge on any atom is -0.476 e. The number of aromatic nitrogens is 3. The van der Waals surface area contributed by atoms with Crippen LogP contribution >= 0.6 is 0 Å². The number of fused-ring (bicyclic) bond motifs is 1. The van der Waals surface area contributed by atoms with Gasteiger partial charge in [0.25, 0.3) is 0 Å². The van der Waals surface area contributed by atoms with Crippen LogP contribution in [0.1, 0.15) is 16.1 Å². The van der Waals surface area contributed by atoms with Gasteiger partial charge < -0.3 is 10.4 Å². The topological polar surface area (TPSA) is 117 Å². The molecular weight excluding hydrogens is 308 g/mol. The molecule has 0 saturated carbocycles. The van der Waals surface area contributed by atoms with Gasteiger partial charge in [0.2, 0.25) is 0 Å². The minimum atomic E-state index is -1.14. The van der Waals surface area contributed by atoms with Gasteiger partial charge in [0.15, 0.2) is 17.3 Å². The molecule has 0 bridgehead atoms. The Morgan fingerprint density at radius 3 is 2.92 bits per heavy atom. The van der Waals surface area contributed by atoms with Gasteiger partial charge in [-0.1, -0.05) is 12.1 Å². The lowest BCUT2D eigenvalue weighted by Crippen LogP contribution is -2.28. The molecule has 0 atom stereocenters. The Balaban J connectivity index is 1.86. The maximum Gasteiger partial charge on any atom is 0.356 e. The normalized spacial score (nSPS) is 10.6. The highest BCUT2D eigenvalue weighted by molar-refractivity contribution is 5.86. The van der Waals surface area contributed by atoms with Gasteiger partial charge >= 0.3 is 5.97 Å². The summed E-state index contributed by atoms with van der Waals surface area (Å²) in [4.78, 5) is 23.5. The molecule has 3 aromatic rings. The van der Waals surface area contributed by atoms with Crippen molar-refractivity contribution in [1.82, 2.24) is 15.0 Å². The van der Waals surface area contributed by atoms with Crippen molar-refractivity contribution in [2.75, 3.05) is 17.4 Å². The molecule has 3 rings (SSSR count). The molecule has 4 N–H and O–H groups in total. The van der Waals surface area contributed by atoms with Crippen LogP contribution in [0.4, 0.5) is 11.6 Å². The minimum absolute atomic E-state index is 0.147. The standard InChI is InChI=1S/C16H16N6O2/c1-22(17)15-14(21-13(9-20-15)16(23)24)19-8-10-4-5-12-11(7-10)3-2-6-18-12/h2-7,9H,8,17H2,1H3,(H,19,21)(H,23,24). The van der Waals surface area contributed by atoms with E-state index in [1.54, 1.807) is 13.2 Å². The second-order valence-electron chi connectivity index (χ2n) is 5.23. The quantitative estimate of drug-likeness (QED) is 0.479. The van der Waals surface area contributed by atoms with Crippen LogP contribution in [-0.4, -0.2) is 33.1 Å². The fraction of sp³-hybridized carbons (Fsp3) is 0.125. The van der Waals surface area contributed by atoms with Crippen LogP contribution in [0.3, 0.4) is 0 Å². The zero-order valence-corrected chi connectivity index (χ0v) is 13.0. The van der Waals surface area contributed by atoms with E-state index < -0.39 is 5.97 Å². The van der Waals surface area contributed by atoms with E-state index in [1.165, 1.54) is 11.2 Å². The molecule has 8 heteroatoms. The number of carboxylic acids is 1. The number of rotatable bonds is 5. The van der Waals surface area contributed by atoms with E-state index in [2.05, 4.69) is 20.3 Å². The van der Waals surface area contributed by atoms with Crippen molar-refractivity contribution in [2.45, 2.75) is 6.54 Å². The van der Waals surface area contributed by atoms with Crippen LogP contribution in [0.2, 0.25) is 0 Å². The molecule has 2 aromatic heterocycles. The molecule has 1 aromatic carbocycles. The zero-order chi connectivity index (χ0) is 17.1. The summed E-state index contributed by atoms with van der Waals surface area (Å²) in [6.07, 6.45) is 2.92. The smallest absolute Gasteiger partial charge is 0.356 e. The average Bonchev–Trinajstić information content (AvgIpc) is 2.59. The zero-order valence-electron chi connectivity index (χ0n) is 13.0. The highest BCUT2D eigenvalue weighted by Gasteiger charge is 2.13. The van der Waals surface area contributed by atoms with Gasteiger partial charge in [-0.25, -0.2) is 20.6 Å². The number of nitrogens with zero attached hydrogens (tertiary/aromatic N) is 4. The number of pyridine rings is 1. The predicted molar refractivity (Wildman–Crippen MR) is 90.7 cm³/mol. The van der Waals surface area contributed by atoms with Gasteiger partial charge in [-0.05, 0) is 23.8 Å². The number of hydrogen-bond donors (Lipinski definition) is 3. The number of anilines is 2. The van der Waals surface area contributed by atoms with Crippen LogP contribution in [-0.2, 0) is 6.54 Å². The third kappa shape index (κ3) is 3.23. The van der Waals surface area contributed by atoms with E-state index in [1.807, 2.05) is 30.3 Å². The van der Waals surface area contributed by atoms with Gasteiger partial charge in [-0.2, -0.15) is 0 Å². The molecule has 0 radical (unpaired) electrons. The van der Waals surface area contributed by atoms with Crippen molar-refractivity contribution in [3.63, 3.8) is 0 Å². The van der Waals surface area contributed by atoms with Crippen LogP contribution in [0.15, 0.2) is 42.7 Å². The average molecular weight is 324 g/mol. The number of nitrogens with two attached hydrogens (primary N) is 1. The molecule has 0 unspecified atom stereocenters. The van der Waals surface area contributed by atoms with Crippen LogP contribution in [0.25, 0.3) is 10.9 Å². The second-order valence-corrected chi connectivity index (χ2v) is 5.23. The molecule has 0 saturated heterocycles. The van der Waals surface area contributed by atoms with Crippen LogP contribution < -0.4 is 16.2 Å². The van der Waals surface area contributed by atoms with Crippen molar-refractivity contribution >= 4 is 28.5 Å². The van der Waals surface area contributed by atoms with Crippen molar-refractivity contribution in [1.29, 1.82) is 0 Å². The lowest BCUT2D eigenvalue weighted by molar-refractivity contribution is 0.0690. The number of hydrogen-bond acceptors (Lipinski definition) is 7. The van der Waals surface area contributed by atoms with Gasteiger partial charge in [0.05, 0.1) is 11.7 Å². The summed E-state index contributed by atoms with van der Waals surface area (Å²) in [5, 5.41) is 14.5. The molecule has 0 fully saturated rings. The van der Waals surface area contributed by atoms with Crippen molar-refractivity contribution in [3.8, 4) is 0 Å². The fourth-order valence-corrected chi connectivity index (χ4v) is 2.28. The third-order valence-corrected chi connectivity index (χ3v) is 3.43. The second kappa shape index (κ2) is 6.47. The maximum absolute atomic E-state index is 11.1. The molecular formula is C16H16N6O2. The Morgan fingerprint density at radius 1 is 1.33 bits per heavy atom. The van der Waals surface area contributed by atoms with Gasteiger partial charge in [-0.15, -0.1) is 0 Å². The SMILES string of the molecule is CN(N)c1ncc(C(=O)O)nc1NCc1ccc2ncccc2c1. The Morgan fingerprint density at radius 2 is 2.17 bits per heavy atom. The lowest BCUT2D eigenvalue weighted by atomic mass is 10.1. The maximum atomic E-state index is 11.1. The number of benzene rings is 1. The molecule has 24 heavy (non-hydrogen) atoms. The highest BCUT2D eigenvalue weighted by Crippen LogP contribution is 2.20. The largest absolute Gasteiger partial charge is 0.476 e. The third-order valence-electron chi connectivity index (χ3n) is 3.43. The Bertz CT molecular complexity index is 897. The molecule has 0 aliphatic heterocycles. The molecule has 2 heterocycles. The summed E-state index contributed by atoms with van der Waals surface area (Å²) in [6, 6.07) is 9.75. The molecule has 0 aliphatic carbocycles. The summed E-state index contributed by atoms with van der Waals surface area (Å²) in [5.74, 6) is 5.25. The molecule has 8 nitrogen and oxygen atoms in total. The molecule has 0 aliphatic rings. The first-order valence-electron chi connectivity index (χ1n) is 7.21. The first-order valence-corrected chi connectivity index (χ1v) is 7.21. The molecule has 0 spiro atoms. The summed E-state index contributed by atoms with van der Waals surface area (Å²) < 4.78 is 0. The van der Waals surface area contributed by atoms with Crippen LogP contribution in [0, 0.1) is 0 Å². The predicted octanol–water partition coefficient (Wildman–Crippen LogP) is 1.64. The summed E-state index contributed by atoms with van der Waals surface area (Å²) >= 11 is 0. The fourth-order valence-electron chi connectivity index (χ4n) is 2.28. The van der Waals surface area contributed by atoms with Gasteiger partial charge in [0.1, 0.15) is 0 Å². The number of carboxylic acid groups (broad SMARTS) is 1. The van der Waals surface area contributed by atoms with E-state index in [9.17, 15) is 4.79 Å². The van der Waals surface area contributed by atoms with E-state index >= 15 is 0 Å². The summed E-state index contributed by atoms with van der Waals surface area (Å²) in [7, 11) is 1.61. The molecule has 122 valence electrons. The van der Waals surface area contributed by atoms with E-state index in [0.29, 0.717) is 18.2 Å². The van der Waals surface area contributed by atoms with Gasteiger partial charge in [0, 0.05) is 25.2 Å². The number of nitrogens with one attached hydrogen (secondary N) is 1.